The maximum absolute atomic E-state index is 13.4. The van der Waals surface area contributed by atoms with Gasteiger partial charge in [0.25, 0.3) is 0 Å². The third-order valence-corrected chi connectivity index (χ3v) is 3.16. The molecule has 1 heterocycles. The van der Waals surface area contributed by atoms with E-state index in [4.69, 9.17) is 5.73 Å². The summed E-state index contributed by atoms with van der Waals surface area (Å²) in [5.74, 6) is -0.989. The van der Waals surface area contributed by atoms with Gasteiger partial charge in [0.15, 0.2) is 0 Å². The first-order chi connectivity index (χ1) is 8.20. The van der Waals surface area contributed by atoms with Gasteiger partial charge in [0.05, 0.1) is 4.90 Å². The van der Waals surface area contributed by atoms with Crippen LogP contribution in [0.5, 0.6) is 0 Å². The van der Waals surface area contributed by atoms with Crippen LogP contribution in [0.4, 0.5) is 8.78 Å². The summed E-state index contributed by atoms with van der Waals surface area (Å²) in [5.41, 5.74) is 6.27. The van der Waals surface area contributed by atoms with Crippen LogP contribution in [0.1, 0.15) is 5.56 Å². The molecule has 0 aliphatic carbocycles. The molecule has 0 aliphatic heterocycles. The van der Waals surface area contributed by atoms with E-state index in [1.165, 1.54) is 6.20 Å². The molecule has 2 rings (SSSR count). The summed E-state index contributed by atoms with van der Waals surface area (Å²) < 4.78 is 26.4. The van der Waals surface area contributed by atoms with Crippen molar-refractivity contribution in [1.29, 1.82) is 0 Å². The van der Waals surface area contributed by atoms with Gasteiger partial charge in [-0.05, 0) is 24.3 Å². The Hall–Kier alpha value is -1.53. The van der Waals surface area contributed by atoms with Crippen LogP contribution in [0.15, 0.2) is 40.4 Å². The van der Waals surface area contributed by atoms with Gasteiger partial charge < -0.3 is 5.73 Å². The van der Waals surface area contributed by atoms with Crippen molar-refractivity contribution in [2.45, 2.75) is 16.5 Å². The minimum atomic E-state index is -0.495. The van der Waals surface area contributed by atoms with Gasteiger partial charge in [0, 0.05) is 18.3 Å². The van der Waals surface area contributed by atoms with Crippen molar-refractivity contribution in [2.24, 2.45) is 5.73 Å². The summed E-state index contributed by atoms with van der Waals surface area (Å²) in [6.45, 7) is 0.273. The molecular weight excluding hydrogens is 244 g/mol. The third kappa shape index (κ3) is 2.78. The molecular formula is C11H9F2N3S. The van der Waals surface area contributed by atoms with Gasteiger partial charge in [-0.2, -0.15) is 5.10 Å². The molecule has 2 aromatic rings. The summed E-state index contributed by atoms with van der Waals surface area (Å²) in [6, 6.07) is 4.97. The summed E-state index contributed by atoms with van der Waals surface area (Å²) in [4.78, 5) is 0.167. The first-order valence-electron chi connectivity index (χ1n) is 4.84. The van der Waals surface area contributed by atoms with Crippen molar-refractivity contribution >= 4 is 11.8 Å². The molecule has 17 heavy (non-hydrogen) atoms. The quantitative estimate of drug-likeness (QED) is 0.912. The molecule has 0 bridgehead atoms. The molecule has 0 unspecified atom stereocenters. The van der Waals surface area contributed by atoms with E-state index >= 15 is 0 Å². The fourth-order valence-electron chi connectivity index (χ4n) is 1.25. The highest BCUT2D eigenvalue weighted by atomic mass is 32.2. The highest BCUT2D eigenvalue weighted by Gasteiger charge is 2.10. The smallest absolute Gasteiger partial charge is 0.137 e. The van der Waals surface area contributed by atoms with Gasteiger partial charge in [-0.25, -0.2) is 8.78 Å². The van der Waals surface area contributed by atoms with Gasteiger partial charge in [0.2, 0.25) is 0 Å². The zero-order chi connectivity index (χ0) is 12.3. The van der Waals surface area contributed by atoms with E-state index < -0.39 is 11.6 Å². The number of rotatable bonds is 3. The van der Waals surface area contributed by atoms with Crippen LogP contribution >= 0.6 is 11.8 Å². The normalized spacial score (nSPS) is 10.5. The Balaban J connectivity index is 2.34. The number of aromatic nitrogens is 2. The van der Waals surface area contributed by atoms with Crippen LogP contribution in [0.25, 0.3) is 0 Å². The van der Waals surface area contributed by atoms with Crippen LogP contribution in [0.3, 0.4) is 0 Å². The average molecular weight is 253 g/mol. The zero-order valence-electron chi connectivity index (χ0n) is 8.73. The second kappa shape index (κ2) is 5.20. The number of hydrogen-bond acceptors (Lipinski definition) is 4. The standard InChI is InChI=1S/C11H9F2N3S/c12-8-1-2-9(13)10(5-8)17-11-7(6-14)3-4-15-16-11/h1-5H,6,14H2. The van der Waals surface area contributed by atoms with E-state index in [-0.39, 0.29) is 11.4 Å². The Bertz CT molecular complexity index is 534. The fourth-order valence-corrected chi connectivity index (χ4v) is 2.16. The second-order valence-corrected chi connectivity index (χ2v) is 4.27. The molecule has 2 N–H and O–H groups in total. The molecule has 3 nitrogen and oxygen atoms in total. The van der Waals surface area contributed by atoms with Gasteiger partial charge in [0.1, 0.15) is 16.7 Å². The van der Waals surface area contributed by atoms with Crippen LogP contribution < -0.4 is 5.73 Å². The van der Waals surface area contributed by atoms with Crippen molar-refractivity contribution in [3.8, 4) is 0 Å². The SMILES string of the molecule is NCc1ccnnc1Sc1cc(F)ccc1F. The average Bonchev–Trinajstić information content (AvgIpc) is 2.34. The lowest BCUT2D eigenvalue weighted by Crippen LogP contribution is -2.01. The largest absolute Gasteiger partial charge is 0.326 e. The van der Waals surface area contributed by atoms with Crippen molar-refractivity contribution in [3.63, 3.8) is 0 Å². The molecule has 0 amide bonds. The van der Waals surface area contributed by atoms with Crippen molar-refractivity contribution < 1.29 is 8.78 Å². The van der Waals surface area contributed by atoms with E-state index in [0.29, 0.717) is 5.03 Å². The lowest BCUT2D eigenvalue weighted by Gasteiger charge is -2.05. The first-order valence-corrected chi connectivity index (χ1v) is 5.66. The summed E-state index contributed by atoms with van der Waals surface area (Å²) >= 11 is 1.01. The molecule has 0 atom stereocenters. The first kappa shape index (κ1) is 11.9. The van der Waals surface area contributed by atoms with Gasteiger partial charge in [-0.15, -0.1) is 5.10 Å². The molecule has 0 fully saturated rings. The van der Waals surface area contributed by atoms with E-state index in [2.05, 4.69) is 10.2 Å². The Kier molecular flexibility index (Phi) is 3.65. The monoisotopic (exact) mass is 253 g/mol. The Morgan fingerprint density at radius 3 is 2.82 bits per heavy atom. The van der Waals surface area contributed by atoms with E-state index in [1.54, 1.807) is 6.07 Å². The highest BCUT2D eigenvalue weighted by molar-refractivity contribution is 7.99. The Labute approximate surface area is 101 Å². The topological polar surface area (TPSA) is 51.8 Å². The molecule has 0 spiro atoms. The minimum Gasteiger partial charge on any atom is -0.326 e. The molecule has 88 valence electrons. The van der Waals surface area contributed by atoms with Crippen LogP contribution in [0, 0.1) is 11.6 Å². The third-order valence-electron chi connectivity index (χ3n) is 2.09. The van der Waals surface area contributed by atoms with Crippen molar-refractivity contribution in [2.75, 3.05) is 0 Å². The van der Waals surface area contributed by atoms with E-state index in [1.807, 2.05) is 0 Å². The lowest BCUT2D eigenvalue weighted by molar-refractivity contribution is 0.577. The Morgan fingerprint density at radius 1 is 1.24 bits per heavy atom. The van der Waals surface area contributed by atoms with Crippen molar-refractivity contribution in [1.82, 2.24) is 10.2 Å². The molecule has 0 radical (unpaired) electrons. The molecule has 0 saturated heterocycles. The van der Waals surface area contributed by atoms with E-state index in [0.717, 1.165) is 35.5 Å². The predicted molar refractivity (Wildman–Crippen MR) is 60.4 cm³/mol. The molecule has 1 aromatic heterocycles. The maximum Gasteiger partial charge on any atom is 0.137 e. The summed E-state index contributed by atoms with van der Waals surface area (Å²) in [5, 5.41) is 8.04. The van der Waals surface area contributed by atoms with Gasteiger partial charge >= 0.3 is 0 Å². The number of nitrogens with zero attached hydrogens (tertiary/aromatic N) is 2. The number of halogens is 2. The molecule has 0 saturated carbocycles. The fraction of sp³-hybridized carbons (Fsp3) is 0.0909. The maximum atomic E-state index is 13.4. The Morgan fingerprint density at radius 2 is 2.06 bits per heavy atom. The summed E-state index contributed by atoms with van der Waals surface area (Å²) in [6.07, 6.45) is 1.51. The van der Waals surface area contributed by atoms with Gasteiger partial charge in [-0.1, -0.05) is 11.8 Å². The highest BCUT2D eigenvalue weighted by Crippen LogP contribution is 2.30. The molecule has 1 aromatic carbocycles. The second-order valence-electron chi connectivity index (χ2n) is 3.24. The summed E-state index contributed by atoms with van der Waals surface area (Å²) in [7, 11) is 0. The minimum absolute atomic E-state index is 0.167. The molecule has 6 heteroatoms. The van der Waals surface area contributed by atoms with Crippen LogP contribution in [-0.4, -0.2) is 10.2 Å². The van der Waals surface area contributed by atoms with Crippen LogP contribution in [-0.2, 0) is 6.54 Å². The lowest BCUT2D eigenvalue weighted by atomic mass is 10.3. The van der Waals surface area contributed by atoms with E-state index in [9.17, 15) is 8.78 Å². The predicted octanol–water partition coefficient (Wildman–Crippen LogP) is 2.36. The number of benzene rings is 1. The number of nitrogens with two attached hydrogens (primary N) is 1. The van der Waals surface area contributed by atoms with Crippen molar-refractivity contribution in [3.05, 3.63) is 47.7 Å². The zero-order valence-corrected chi connectivity index (χ0v) is 9.55. The van der Waals surface area contributed by atoms with Crippen LogP contribution in [0.2, 0.25) is 0 Å². The van der Waals surface area contributed by atoms with Gasteiger partial charge in [-0.3, -0.25) is 0 Å². The molecule has 0 aliphatic rings. The number of hydrogen-bond donors (Lipinski definition) is 1.